The molecule has 1 aliphatic rings. The van der Waals surface area contributed by atoms with Crippen LogP contribution in [-0.4, -0.2) is 80.2 Å². The molecule has 0 saturated carbocycles. The molecule has 0 amide bonds. The number of nitrogens with one attached hydrogen (secondary N) is 2. The van der Waals surface area contributed by atoms with E-state index in [1.807, 2.05) is 62.3 Å². The van der Waals surface area contributed by atoms with Gasteiger partial charge in [-0.3, -0.25) is 9.58 Å². The molecule has 10 nitrogen and oxygen atoms in total. The van der Waals surface area contributed by atoms with E-state index in [0.29, 0.717) is 49.0 Å². The van der Waals surface area contributed by atoms with Gasteiger partial charge in [-0.15, -0.1) is 11.8 Å². The van der Waals surface area contributed by atoms with E-state index < -0.39 is 5.97 Å². The van der Waals surface area contributed by atoms with Crippen LogP contribution >= 0.6 is 23.4 Å². The number of fused-ring (bicyclic) bond motifs is 6. The summed E-state index contributed by atoms with van der Waals surface area (Å²) in [6.45, 7) is 3.26. The van der Waals surface area contributed by atoms with Crippen molar-refractivity contribution < 1.29 is 19.7 Å². The van der Waals surface area contributed by atoms with Crippen LogP contribution in [0.2, 0.25) is 5.02 Å². The number of aliphatic hydroxyl groups excluding tert-OH is 1. The molecule has 6 rings (SSSR count). The average Bonchev–Trinajstić information content (AvgIpc) is 3.51. The monoisotopic (exact) mass is 700 g/mol. The van der Waals surface area contributed by atoms with Crippen molar-refractivity contribution >= 4 is 56.7 Å². The molecule has 0 atom stereocenters. The first kappa shape index (κ1) is 34.6. The van der Waals surface area contributed by atoms with E-state index in [4.69, 9.17) is 26.8 Å². The predicted molar refractivity (Wildman–Crippen MR) is 198 cm³/mol. The van der Waals surface area contributed by atoms with Crippen molar-refractivity contribution in [2.75, 3.05) is 39.1 Å². The molecule has 0 unspecified atom stereocenters. The Morgan fingerprint density at radius 3 is 2.67 bits per heavy atom. The van der Waals surface area contributed by atoms with Gasteiger partial charge in [-0.1, -0.05) is 41.9 Å². The minimum atomic E-state index is -1.01. The lowest BCUT2D eigenvalue weighted by molar-refractivity contribution is 0.0685. The van der Waals surface area contributed by atoms with E-state index in [1.165, 1.54) is 0 Å². The maximum atomic E-state index is 12.8. The SMILES string of the molecule is CN/C1=C\C(=N)CN(CCO)Cc2nn(C)c(C)c2-c2c(Cl)ccc3c(c(C(=O)O)n(C)c23)CCCOc2cc(cc3ccccc23)SC1. The normalized spacial score (nSPS) is 16.2. The molecule has 0 aliphatic carbocycles. The Labute approximate surface area is 294 Å². The van der Waals surface area contributed by atoms with E-state index in [1.54, 1.807) is 28.1 Å². The number of thioether (sulfide) groups is 1. The number of aliphatic hydroxyl groups is 1. The van der Waals surface area contributed by atoms with Gasteiger partial charge in [-0.2, -0.15) is 5.10 Å². The molecule has 0 fully saturated rings. The Morgan fingerprint density at radius 2 is 1.92 bits per heavy atom. The van der Waals surface area contributed by atoms with Gasteiger partial charge in [0.2, 0.25) is 0 Å². The lowest BCUT2D eigenvalue weighted by Gasteiger charge is -2.21. The first-order chi connectivity index (χ1) is 23.6. The van der Waals surface area contributed by atoms with Gasteiger partial charge in [-0.25, -0.2) is 4.79 Å². The summed E-state index contributed by atoms with van der Waals surface area (Å²) in [5.41, 5.74) is 6.11. The summed E-state index contributed by atoms with van der Waals surface area (Å²) in [7, 11) is 5.51. The number of carbonyl (C=O) groups is 1. The van der Waals surface area contributed by atoms with Crippen LogP contribution in [0, 0.1) is 12.3 Å². The number of hydrogen-bond donors (Lipinski definition) is 4. The summed E-state index contributed by atoms with van der Waals surface area (Å²) in [5.74, 6) is 0.391. The number of ether oxygens (including phenoxy) is 1. The minimum absolute atomic E-state index is 0.0846. The van der Waals surface area contributed by atoms with Gasteiger partial charge in [0.15, 0.2) is 0 Å². The van der Waals surface area contributed by atoms with E-state index in [0.717, 1.165) is 66.1 Å². The quantitative estimate of drug-likeness (QED) is 0.169. The smallest absolute Gasteiger partial charge is 0.352 e. The van der Waals surface area contributed by atoms with Gasteiger partial charge in [0, 0.05) is 90.4 Å². The highest BCUT2D eigenvalue weighted by molar-refractivity contribution is 7.99. The van der Waals surface area contributed by atoms with Crippen molar-refractivity contribution in [2.24, 2.45) is 14.1 Å². The number of hydrogen-bond acceptors (Lipinski definition) is 8. The lowest BCUT2D eigenvalue weighted by atomic mass is 9.97. The number of halogens is 1. The maximum Gasteiger partial charge on any atom is 0.352 e. The maximum absolute atomic E-state index is 12.8. The minimum Gasteiger partial charge on any atom is -0.493 e. The Balaban J connectivity index is 1.51. The second-order valence-corrected chi connectivity index (χ2v) is 13.8. The van der Waals surface area contributed by atoms with Gasteiger partial charge in [-0.05, 0) is 55.0 Å². The lowest BCUT2D eigenvalue weighted by Crippen LogP contribution is -2.32. The molecular formula is C37H41ClN6O4S. The van der Waals surface area contributed by atoms with Crippen LogP contribution < -0.4 is 10.1 Å². The second kappa shape index (κ2) is 14.7. The highest BCUT2D eigenvalue weighted by Crippen LogP contribution is 2.42. The molecule has 256 valence electrons. The van der Waals surface area contributed by atoms with Gasteiger partial charge in [0.1, 0.15) is 11.4 Å². The van der Waals surface area contributed by atoms with Crippen LogP contribution in [0.5, 0.6) is 5.75 Å². The van der Waals surface area contributed by atoms with E-state index >= 15 is 0 Å². The third-order valence-electron chi connectivity index (χ3n) is 9.14. The first-order valence-corrected chi connectivity index (χ1v) is 17.6. The standard InChI is InChI=1S/C37H41ClN6O4S/c1-22-33-31(41-43(22)4)20-44(13-14-45)19-24(39)17-25(40-2)21-49-26-16-23-8-5-6-9-27(23)32(18-26)48-15-7-10-28-29-11-12-30(38)34(33)35(29)42(3)36(28)37(46)47/h5-6,8-9,11-12,16-18,39-40,45H,7,10,13-15,19-21H2,1-4H3,(H,46,47)/b25-17-,39-24?. The topological polar surface area (TPSA) is 129 Å². The highest BCUT2D eigenvalue weighted by Gasteiger charge is 2.28. The number of aromatic carboxylic acids is 1. The Kier molecular flexibility index (Phi) is 10.4. The fraction of sp³-hybridized carbons (Fsp3) is 0.324. The van der Waals surface area contributed by atoms with Crippen LogP contribution in [0.25, 0.3) is 32.8 Å². The Bertz CT molecular complexity index is 2100. The van der Waals surface area contributed by atoms with Crippen molar-refractivity contribution in [3.63, 3.8) is 0 Å². The molecule has 3 heterocycles. The number of carboxylic acids is 1. The van der Waals surface area contributed by atoms with Crippen LogP contribution in [-0.2, 0) is 27.1 Å². The number of benzene rings is 3. The van der Waals surface area contributed by atoms with Crippen molar-refractivity contribution in [3.8, 4) is 16.9 Å². The summed E-state index contributed by atoms with van der Waals surface area (Å²) >= 11 is 8.66. The van der Waals surface area contributed by atoms with Gasteiger partial charge in [0.05, 0.1) is 29.4 Å². The van der Waals surface area contributed by atoms with Gasteiger partial charge >= 0.3 is 5.97 Å². The Morgan fingerprint density at radius 1 is 1.12 bits per heavy atom. The summed E-state index contributed by atoms with van der Waals surface area (Å²) in [6, 6.07) is 16.1. The molecule has 5 aromatic rings. The van der Waals surface area contributed by atoms with Crippen molar-refractivity contribution in [3.05, 3.63) is 88.0 Å². The molecule has 12 heteroatoms. The van der Waals surface area contributed by atoms with E-state index in [9.17, 15) is 15.0 Å². The van der Waals surface area contributed by atoms with E-state index in [-0.39, 0.29) is 18.8 Å². The Hall–Kier alpha value is -4.29. The second-order valence-electron chi connectivity index (χ2n) is 12.3. The zero-order valence-corrected chi connectivity index (χ0v) is 29.7. The fourth-order valence-corrected chi connectivity index (χ4v) is 7.97. The van der Waals surface area contributed by atoms with Crippen LogP contribution in [0.15, 0.2) is 65.2 Å². The molecule has 49 heavy (non-hydrogen) atoms. The summed E-state index contributed by atoms with van der Waals surface area (Å²) < 4.78 is 9.95. The summed E-state index contributed by atoms with van der Waals surface area (Å²) in [6.07, 6.45) is 2.94. The number of aryl methyl sites for hydroxylation is 3. The fourth-order valence-electron chi connectivity index (χ4n) is 6.77. The van der Waals surface area contributed by atoms with Crippen LogP contribution in [0.3, 0.4) is 0 Å². The molecule has 0 radical (unpaired) electrons. The first-order valence-electron chi connectivity index (χ1n) is 16.2. The molecule has 4 N–H and O–H groups in total. The number of aromatic nitrogens is 3. The highest BCUT2D eigenvalue weighted by atomic mass is 35.5. The third kappa shape index (κ3) is 6.94. The zero-order chi connectivity index (χ0) is 34.8. The largest absolute Gasteiger partial charge is 0.493 e. The summed E-state index contributed by atoms with van der Waals surface area (Å²) in [4.78, 5) is 15.8. The van der Waals surface area contributed by atoms with Crippen molar-refractivity contribution in [2.45, 2.75) is 31.2 Å². The van der Waals surface area contributed by atoms with Crippen molar-refractivity contribution in [1.82, 2.24) is 24.6 Å². The molecule has 1 aliphatic heterocycles. The number of rotatable bonds is 4. The molecule has 0 spiro atoms. The zero-order valence-electron chi connectivity index (χ0n) is 28.1. The number of β-amino-alcohol motifs (C(OH)–C–C–N with tert-alkyl or cyclic N) is 1. The third-order valence-corrected chi connectivity index (χ3v) is 10.5. The predicted octanol–water partition coefficient (Wildman–Crippen LogP) is 6.43. The molecule has 3 aromatic carbocycles. The number of carboxylic acid groups (broad SMARTS) is 1. The van der Waals surface area contributed by atoms with Gasteiger partial charge < -0.3 is 30.2 Å². The van der Waals surface area contributed by atoms with Crippen molar-refractivity contribution in [1.29, 1.82) is 5.41 Å². The molecule has 2 aromatic heterocycles. The summed E-state index contributed by atoms with van der Waals surface area (Å²) in [5, 5.41) is 40.9. The molecule has 0 saturated heterocycles. The average molecular weight is 701 g/mol. The number of nitrogens with zero attached hydrogens (tertiary/aromatic N) is 4. The molecule has 6 bridgehead atoms. The van der Waals surface area contributed by atoms with Gasteiger partial charge in [0.25, 0.3) is 0 Å². The van der Waals surface area contributed by atoms with E-state index in [2.05, 4.69) is 23.5 Å². The van der Waals surface area contributed by atoms with Crippen LogP contribution in [0.4, 0.5) is 0 Å². The molecular weight excluding hydrogens is 660 g/mol. The van der Waals surface area contributed by atoms with Crippen LogP contribution in [0.1, 0.15) is 33.9 Å².